The molecular formula is C45H67N7O7S2. The van der Waals surface area contributed by atoms with Crippen LogP contribution in [-0.2, 0) is 35.6 Å². The van der Waals surface area contributed by atoms with E-state index in [2.05, 4.69) is 60.5 Å². The molecule has 1 aromatic carbocycles. The van der Waals surface area contributed by atoms with Crippen molar-refractivity contribution in [3.05, 3.63) is 40.9 Å². The number of rotatable bonds is 22. The molecule has 4 unspecified atom stereocenters. The second kappa shape index (κ2) is 19.3. The molecule has 6 rings (SSSR count). The Kier molecular flexibility index (Phi) is 14.7. The number of unbranched alkanes of at least 4 members (excludes halogenated alkanes) is 2. The quantitative estimate of drug-likeness (QED) is 0.0532. The molecule has 14 nitrogen and oxygen atoms in total. The average Bonchev–Trinajstić information content (AvgIpc) is 4.02. The topological polar surface area (TPSA) is 188 Å². The van der Waals surface area contributed by atoms with Gasteiger partial charge in [-0.2, -0.15) is 4.98 Å². The number of benzene rings is 1. The smallest absolute Gasteiger partial charge is 0.297 e. The van der Waals surface area contributed by atoms with Crippen molar-refractivity contribution >= 4 is 50.1 Å². The number of allylic oxidation sites excluding steroid dienone is 2. The van der Waals surface area contributed by atoms with Crippen LogP contribution in [0.2, 0.25) is 0 Å². The molecule has 3 aliphatic rings. The third-order valence-electron chi connectivity index (χ3n) is 12.1. The lowest BCUT2D eigenvalue weighted by Crippen LogP contribution is -2.47. The number of fused-ring (bicyclic) bond motifs is 1. The van der Waals surface area contributed by atoms with Crippen molar-refractivity contribution < 1.29 is 32.3 Å². The number of nitrogens with one attached hydrogen (secondary N) is 2. The van der Waals surface area contributed by atoms with Gasteiger partial charge in [-0.05, 0) is 116 Å². The molecule has 0 bridgehead atoms. The number of hydrogen-bond acceptors (Lipinski definition) is 11. The zero-order valence-electron chi connectivity index (χ0n) is 37.3. The fourth-order valence-electron chi connectivity index (χ4n) is 8.35. The predicted molar refractivity (Wildman–Crippen MR) is 240 cm³/mol. The first-order valence-corrected chi connectivity index (χ1v) is 24.5. The van der Waals surface area contributed by atoms with E-state index in [0.717, 1.165) is 72.2 Å². The molecule has 3 heterocycles. The fraction of sp³-hybridized carbons (Fsp3) is 0.667. The van der Waals surface area contributed by atoms with Crippen LogP contribution in [-0.4, -0.2) is 87.9 Å². The van der Waals surface area contributed by atoms with Crippen LogP contribution < -0.4 is 20.5 Å². The van der Waals surface area contributed by atoms with Gasteiger partial charge in [0.2, 0.25) is 27.7 Å². The van der Waals surface area contributed by atoms with Crippen LogP contribution in [0.4, 0.5) is 0 Å². The number of primary amides is 1. The minimum Gasteiger partial charge on any atom is -0.459 e. The minimum atomic E-state index is -3.65. The van der Waals surface area contributed by atoms with E-state index in [1.807, 2.05) is 39.8 Å². The number of carbonyl (C=O) groups excluding carboxylic acids is 3. The molecular weight excluding hydrogens is 815 g/mol. The number of sulfonamides is 1. The summed E-state index contributed by atoms with van der Waals surface area (Å²) in [6.45, 7) is 16.7. The molecule has 3 aromatic rings. The van der Waals surface area contributed by atoms with Gasteiger partial charge in [-0.15, -0.1) is 11.3 Å². The highest BCUT2D eigenvalue weighted by molar-refractivity contribution is 7.91. The van der Waals surface area contributed by atoms with Crippen LogP contribution in [0.3, 0.4) is 0 Å². The first-order chi connectivity index (χ1) is 28.8. The van der Waals surface area contributed by atoms with Gasteiger partial charge in [0.05, 0.1) is 41.4 Å². The van der Waals surface area contributed by atoms with Crippen LogP contribution in [0.5, 0.6) is 6.01 Å². The van der Waals surface area contributed by atoms with E-state index in [9.17, 15) is 22.8 Å². The number of amides is 3. The Morgan fingerprint density at radius 1 is 1.07 bits per heavy atom. The Morgan fingerprint density at radius 2 is 1.79 bits per heavy atom. The summed E-state index contributed by atoms with van der Waals surface area (Å²) in [5.41, 5.74) is 9.13. The Bertz CT molecular complexity index is 2180. The van der Waals surface area contributed by atoms with E-state index >= 15 is 0 Å². The van der Waals surface area contributed by atoms with Crippen molar-refractivity contribution in [2.75, 3.05) is 19.8 Å². The van der Waals surface area contributed by atoms with E-state index in [0.29, 0.717) is 31.2 Å². The van der Waals surface area contributed by atoms with Crippen LogP contribution in [0.15, 0.2) is 30.4 Å². The second-order valence-electron chi connectivity index (χ2n) is 18.7. The highest BCUT2D eigenvalue weighted by atomic mass is 32.2. The molecule has 3 fully saturated rings. The summed E-state index contributed by atoms with van der Waals surface area (Å²) in [7, 11) is -3.65. The monoisotopic (exact) mass is 881 g/mol. The van der Waals surface area contributed by atoms with Gasteiger partial charge in [0.25, 0.3) is 6.01 Å². The molecule has 3 amide bonds. The third kappa shape index (κ3) is 11.2. The predicted octanol–water partition coefficient (Wildman–Crippen LogP) is 7.13. The van der Waals surface area contributed by atoms with Gasteiger partial charge in [0.15, 0.2) is 0 Å². The van der Waals surface area contributed by atoms with E-state index in [1.54, 1.807) is 11.3 Å². The Hall–Kier alpha value is -3.86. The normalized spacial score (nSPS) is 21.2. The summed E-state index contributed by atoms with van der Waals surface area (Å²) in [6, 6.07) is 5.74. The number of carbonyl (C=O) groups is 3. The molecule has 0 spiro atoms. The maximum atomic E-state index is 13.2. The number of thiazole rings is 1. The Balaban J connectivity index is 1.06. The molecule has 1 aliphatic heterocycles. The molecule has 1 saturated heterocycles. The van der Waals surface area contributed by atoms with Gasteiger partial charge in [-0.25, -0.2) is 13.4 Å². The Labute approximate surface area is 365 Å². The van der Waals surface area contributed by atoms with Crippen molar-refractivity contribution in [1.29, 1.82) is 0 Å². The highest BCUT2D eigenvalue weighted by Gasteiger charge is 2.55. The van der Waals surface area contributed by atoms with Crippen molar-refractivity contribution in [1.82, 2.24) is 29.5 Å². The summed E-state index contributed by atoms with van der Waals surface area (Å²) in [6.07, 6.45) is 12.0. The molecule has 0 radical (unpaired) electrons. The molecule has 4 N–H and O–H groups in total. The molecule has 2 aliphatic carbocycles. The number of nitrogens with zero attached hydrogens (tertiary/aromatic N) is 4. The first kappa shape index (κ1) is 46.6. The maximum absolute atomic E-state index is 13.2. The van der Waals surface area contributed by atoms with E-state index in [4.69, 9.17) is 25.2 Å². The Morgan fingerprint density at radius 3 is 2.41 bits per heavy atom. The zero-order valence-corrected chi connectivity index (χ0v) is 38.9. The number of nitrogens with two attached hydrogens (primary N) is 1. The lowest BCUT2D eigenvalue weighted by atomic mass is 10.1. The highest BCUT2D eigenvalue weighted by Crippen LogP contribution is 2.48. The molecule has 4 atom stereocenters. The van der Waals surface area contributed by atoms with E-state index < -0.39 is 32.8 Å². The van der Waals surface area contributed by atoms with Gasteiger partial charge in [-0.3, -0.25) is 29.0 Å². The lowest BCUT2D eigenvalue weighted by Gasteiger charge is -2.23. The number of likely N-dealkylation sites (tertiary alicyclic amines) is 1. The van der Waals surface area contributed by atoms with Crippen molar-refractivity contribution in [3.8, 4) is 16.6 Å². The van der Waals surface area contributed by atoms with Crippen LogP contribution >= 0.6 is 11.3 Å². The largest absolute Gasteiger partial charge is 0.459 e. The standard InChI is InChI=1S/C45H67N7O7S2/c1-9-30-23-33(30)41(55)50-61(56,57)45(21-22-45)20-15-13-11-10-12-14-19-36-38(28(2)3)48-42(60-36)32-17-16-18-34-39(32)49-43(52(34)29(4)5)59-31-24-35(40(46)54)51(26-31)37(53)25-47-27-58-44(6,7)8/h10-11,16-18,28-31,33,35,47H,9,12-15,19-27H2,1-8H3,(H2,46,54)(H,50,55). The number of aromatic nitrogens is 3. The van der Waals surface area contributed by atoms with Crippen molar-refractivity contribution in [3.63, 3.8) is 0 Å². The summed E-state index contributed by atoms with van der Waals surface area (Å²) in [5.74, 6) is -0.729. The summed E-state index contributed by atoms with van der Waals surface area (Å²) in [4.78, 5) is 51.1. The van der Waals surface area contributed by atoms with Gasteiger partial charge in [-0.1, -0.05) is 45.4 Å². The van der Waals surface area contributed by atoms with Gasteiger partial charge in [0.1, 0.15) is 22.7 Å². The minimum absolute atomic E-state index is 0.00531. The van der Waals surface area contributed by atoms with E-state index in [-0.39, 0.29) is 61.5 Å². The number of ether oxygens (including phenoxy) is 2. The van der Waals surface area contributed by atoms with Crippen molar-refractivity contribution in [2.45, 2.75) is 160 Å². The lowest BCUT2D eigenvalue weighted by molar-refractivity contribution is -0.137. The fourth-order valence-corrected chi connectivity index (χ4v) is 11.3. The summed E-state index contributed by atoms with van der Waals surface area (Å²) < 4.78 is 42.0. The molecule has 2 saturated carbocycles. The number of imidazole rings is 1. The number of aryl methyl sites for hydroxylation is 1. The van der Waals surface area contributed by atoms with Gasteiger partial charge >= 0.3 is 0 Å². The molecule has 336 valence electrons. The molecule has 61 heavy (non-hydrogen) atoms. The van der Waals surface area contributed by atoms with Crippen LogP contribution in [0.1, 0.15) is 142 Å². The van der Waals surface area contributed by atoms with Crippen molar-refractivity contribution in [2.24, 2.45) is 17.6 Å². The SMILES string of the molecule is CCC1CC1C(=O)NS(=O)(=O)C1(CCCC=CCCCc2sc(-c3cccc4c3nc(OC3CC(C(N)=O)N(C(=O)CNCOC(C)(C)C)C3)n4C(C)C)nc2C(C)C)CC1. The van der Waals surface area contributed by atoms with Crippen LogP contribution in [0.25, 0.3) is 21.6 Å². The number of para-hydroxylation sites is 1. The average molecular weight is 882 g/mol. The summed E-state index contributed by atoms with van der Waals surface area (Å²) >= 11 is 1.70. The third-order valence-corrected chi connectivity index (χ3v) is 15.5. The zero-order chi connectivity index (χ0) is 44.3. The van der Waals surface area contributed by atoms with Gasteiger partial charge < -0.3 is 20.1 Å². The molecule has 2 aromatic heterocycles. The number of hydrogen-bond donors (Lipinski definition) is 3. The van der Waals surface area contributed by atoms with Gasteiger partial charge in [0, 0.05) is 28.8 Å². The van der Waals surface area contributed by atoms with Crippen LogP contribution in [0, 0.1) is 11.8 Å². The molecule has 16 heteroatoms. The van der Waals surface area contributed by atoms with E-state index in [1.165, 1.54) is 9.78 Å². The maximum Gasteiger partial charge on any atom is 0.297 e. The summed E-state index contributed by atoms with van der Waals surface area (Å²) in [5, 5.41) is 3.91. The first-order valence-electron chi connectivity index (χ1n) is 22.2. The second-order valence-corrected chi connectivity index (χ2v) is 21.9.